The van der Waals surface area contributed by atoms with Gasteiger partial charge in [-0.1, -0.05) is 34.6 Å². The molecule has 0 saturated heterocycles. The second kappa shape index (κ2) is 4.92. The molecule has 0 amide bonds. The van der Waals surface area contributed by atoms with Crippen molar-refractivity contribution in [3.05, 3.63) is 16.1 Å². The lowest BCUT2D eigenvalue weighted by Gasteiger charge is -2.10. The Labute approximate surface area is 91.6 Å². The van der Waals surface area contributed by atoms with Gasteiger partial charge in [-0.2, -0.15) is 0 Å². The van der Waals surface area contributed by atoms with Crippen LogP contribution in [-0.4, -0.2) is 4.98 Å². The lowest BCUT2D eigenvalue weighted by Crippen LogP contribution is -1.99. The third-order valence-corrected chi connectivity index (χ3v) is 3.47. The zero-order valence-electron chi connectivity index (χ0n) is 9.87. The first kappa shape index (κ1) is 11.7. The summed E-state index contributed by atoms with van der Waals surface area (Å²) in [5.74, 6) is 1.94. The van der Waals surface area contributed by atoms with Crippen molar-refractivity contribution in [1.29, 1.82) is 0 Å². The highest BCUT2D eigenvalue weighted by Crippen LogP contribution is 2.28. The fourth-order valence-corrected chi connectivity index (χ4v) is 2.65. The molecule has 0 aliphatic heterocycles. The molecular weight excluding hydrogens is 190 g/mol. The number of hydrogen-bond acceptors (Lipinski definition) is 2. The molecule has 0 radical (unpaired) electrons. The van der Waals surface area contributed by atoms with Crippen LogP contribution in [-0.2, 0) is 0 Å². The molecule has 0 bridgehead atoms. The highest BCUT2D eigenvalue weighted by Gasteiger charge is 2.13. The molecule has 0 saturated carbocycles. The van der Waals surface area contributed by atoms with Crippen LogP contribution in [0.5, 0.6) is 0 Å². The van der Waals surface area contributed by atoms with Crippen LogP contribution in [0.4, 0.5) is 0 Å². The topological polar surface area (TPSA) is 12.9 Å². The van der Waals surface area contributed by atoms with Crippen molar-refractivity contribution in [2.75, 3.05) is 0 Å². The van der Waals surface area contributed by atoms with Crippen LogP contribution in [0.15, 0.2) is 5.38 Å². The van der Waals surface area contributed by atoms with Gasteiger partial charge in [0.05, 0.1) is 10.7 Å². The molecule has 1 rings (SSSR count). The average Bonchev–Trinajstić information content (AvgIpc) is 2.50. The van der Waals surface area contributed by atoms with Crippen LogP contribution in [0.2, 0.25) is 0 Å². The summed E-state index contributed by atoms with van der Waals surface area (Å²) in [7, 11) is 0. The van der Waals surface area contributed by atoms with Crippen molar-refractivity contribution < 1.29 is 0 Å². The Bertz CT molecular complexity index is 276. The van der Waals surface area contributed by atoms with Gasteiger partial charge in [0, 0.05) is 11.3 Å². The largest absolute Gasteiger partial charge is 0.246 e. The third-order valence-electron chi connectivity index (χ3n) is 2.38. The van der Waals surface area contributed by atoms with Gasteiger partial charge in [0.1, 0.15) is 0 Å². The zero-order valence-corrected chi connectivity index (χ0v) is 10.7. The van der Waals surface area contributed by atoms with E-state index < -0.39 is 0 Å². The van der Waals surface area contributed by atoms with E-state index in [1.165, 1.54) is 17.1 Å². The van der Waals surface area contributed by atoms with Crippen molar-refractivity contribution in [3.8, 4) is 0 Å². The van der Waals surface area contributed by atoms with Gasteiger partial charge in [-0.15, -0.1) is 11.3 Å². The van der Waals surface area contributed by atoms with Gasteiger partial charge in [0.25, 0.3) is 0 Å². The van der Waals surface area contributed by atoms with E-state index in [0.717, 1.165) is 5.92 Å². The number of thiazole rings is 1. The van der Waals surface area contributed by atoms with Crippen LogP contribution in [0.1, 0.15) is 63.6 Å². The molecule has 1 unspecified atom stereocenters. The summed E-state index contributed by atoms with van der Waals surface area (Å²) in [5, 5.41) is 3.51. The summed E-state index contributed by atoms with van der Waals surface area (Å²) in [5.41, 5.74) is 1.25. The van der Waals surface area contributed by atoms with Gasteiger partial charge >= 0.3 is 0 Å². The molecule has 2 heteroatoms. The molecule has 1 nitrogen and oxygen atoms in total. The zero-order chi connectivity index (χ0) is 10.7. The Kier molecular flexibility index (Phi) is 4.11. The molecule has 0 fully saturated rings. The van der Waals surface area contributed by atoms with E-state index in [2.05, 4.69) is 45.0 Å². The minimum Gasteiger partial charge on any atom is -0.246 e. The first-order valence-corrected chi connectivity index (χ1v) is 6.34. The lowest BCUT2D eigenvalue weighted by molar-refractivity contribution is 0.521. The quantitative estimate of drug-likeness (QED) is 0.718. The second-order valence-corrected chi connectivity index (χ2v) is 5.69. The molecule has 1 atom stereocenters. The molecule has 80 valence electrons. The monoisotopic (exact) mass is 211 g/mol. The van der Waals surface area contributed by atoms with E-state index >= 15 is 0 Å². The first-order chi connectivity index (χ1) is 6.50. The van der Waals surface area contributed by atoms with E-state index in [9.17, 15) is 0 Å². The Morgan fingerprint density at radius 3 is 2.29 bits per heavy atom. The maximum atomic E-state index is 4.68. The average molecular weight is 211 g/mol. The summed E-state index contributed by atoms with van der Waals surface area (Å²) in [4.78, 5) is 4.68. The van der Waals surface area contributed by atoms with Gasteiger partial charge < -0.3 is 0 Å². The van der Waals surface area contributed by atoms with E-state index in [1.807, 2.05) is 11.3 Å². The fourth-order valence-electron chi connectivity index (χ4n) is 1.60. The van der Waals surface area contributed by atoms with Crippen molar-refractivity contribution in [2.24, 2.45) is 5.92 Å². The van der Waals surface area contributed by atoms with Gasteiger partial charge in [0.15, 0.2) is 0 Å². The first-order valence-electron chi connectivity index (χ1n) is 5.46. The number of hydrogen-bond donors (Lipinski definition) is 0. The van der Waals surface area contributed by atoms with Gasteiger partial charge in [-0.3, -0.25) is 0 Å². The minimum atomic E-state index is 0.561. The van der Waals surface area contributed by atoms with E-state index in [1.54, 1.807) is 0 Å². The third kappa shape index (κ3) is 3.09. The molecular formula is C12H21NS. The highest BCUT2D eigenvalue weighted by atomic mass is 32.1. The molecule has 14 heavy (non-hydrogen) atoms. The van der Waals surface area contributed by atoms with Crippen molar-refractivity contribution in [3.63, 3.8) is 0 Å². The molecule has 0 aliphatic carbocycles. The van der Waals surface area contributed by atoms with Crippen molar-refractivity contribution >= 4 is 11.3 Å². The Morgan fingerprint density at radius 2 is 1.86 bits per heavy atom. The number of aromatic nitrogens is 1. The maximum absolute atomic E-state index is 4.68. The maximum Gasteiger partial charge on any atom is 0.0956 e. The summed E-state index contributed by atoms with van der Waals surface area (Å²) in [6, 6.07) is 0. The summed E-state index contributed by atoms with van der Waals surface area (Å²) < 4.78 is 0. The Balaban J connectivity index is 2.66. The summed E-state index contributed by atoms with van der Waals surface area (Å²) >= 11 is 1.82. The Hall–Kier alpha value is -0.370. The summed E-state index contributed by atoms with van der Waals surface area (Å²) in [6.45, 7) is 11.2. The smallest absolute Gasteiger partial charge is 0.0956 e. The van der Waals surface area contributed by atoms with Crippen molar-refractivity contribution in [1.82, 2.24) is 4.98 Å². The second-order valence-electron chi connectivity index (χ2n) is 4.80. The van der Waals surface area contributed by atoms with Gasteiger partial charge in [-0.05, 0) is 18.3 Å². The van der Waals surface area contributed by atoms with Gasteiger partial charge in [-0.25, -0.2) is 4.98 Å². The lowest BCUT2D eigenvalue weighted by atomic mass is 9.99. The van der Waals surface area contributed by atoms with Gasteiger partial charge in [0.2, 0.25) is 0 Å². The van der Waals surface area contributed by atoms with Crippen LogP contribution in [0.3, 0.4) is 0 Å². The molecule has 1 aromatic heterocycles. The minimum absolute atomic E-state index is 0.561. The Morgan fingerprint density at radius 1 is 1.21 bits per heavy atom. The van der Waals surface area contributed by atoms with Crippen LogP contribution in [0.25, 0.3) is 0 Å². The van der Waals surface area contributed by atoms with Crippen LogP contribution in [0, 0.1) is 5.92 Å². The number of nitrogens with zero attached hydrogens (tertiary/aromatic N) is 1. The predicted octanol–water partition coefficient (Wildman–Crippen LogP) is 4.42. The van der Waals surface area contributed by atoms with E-state index in [-0.39, 0.29) is 0 Å². The molecule has 0 spiro atoms. The molecule has 1 aromatic rings. The molecule has 0 N–H and O–H groups in total. The van der Waals surface area contributed by atoms with E-state index in [4.69, 9.17) is 0 Å². The van der Waals surface area contributed by atoms with Crippen LogP contribution >= 0.6 is 11.3 Å². The SMILES string of the molecule is CC(C)CC(C)c1nc(C(C)C)cs1. The van der Waals surface area contributed by atoms with Crippen molar-refractivity contribution in [2.45, 2.75) is 52.9 Å². The van der Waals surface area contributed by atoms with Crippen LogP contribution < -0.4 is 0 Å². The number of rotatable bonds is 4. The molecule has 0 aliphatic rings. The highest BCUT2D eigenvalue weighted by molar-refractivity contribution is 7.09. The normalized spacial score (nSPS) is 13.9. The fraction of sp³-hybridized carbons (Fsp3) is 0.750. The summed E-state index contributed by atoms with van der Waals surface area (Å²) in [6.07, 6.45) is 1.24. The standard InChI is InChI=1S/C12H21NS/c1-8(2)6-10(5)12-13-11(7-14-12)9(3)4/h7-10H,6H2,1-5H3. The van der Waals surface area contributed by atoms with E-state index in [0.29, 0.717) is 11.8 Å². The molecule has 0 aromatic carbocycles. The molecule has 1 heterocycles. The predicted molar refractivity (Wildman–Crippen MR) is 64.1 cm³/mol.